The Morgan fingerprint density at radius 3 is 2.61 bits per heavy atom. The Morgan fingerprint density at radius 2 is 1.82 bits per heavy atom. The molecule has 1 aliphatic heterocycles. The highest BCUT2D eigenvalue weighted by Gasteiger charge is 2.24. The van der Waals surface area contributed by atoms with E-state index >= 15 is 0 Å². The zero-order valence-corrected chi connectivity index (χ0v) is 16.1. The molecule has 0 amide bonds. The van der Waals surface area contributed by atoms with Crippen LogP contribution in [0.3, 0.4) is 0 Å². The molecule has 148 valence electrons. The fraction of sp³-hybridized carbons (Fsp3) is 0.409. The van der Waals surface area contributed by atoms with Crippen molar-refractivity contribution < 1.29 is 19.3 Å². The molecular weight excluding hydrogens is 356 g/mol. The fourth-order valence-corrected chi connectivity index (χ4v) is 3.74. The van der Waals surface area contributed by atoms with Crippen LogP contribution in [0, 0.1) is 0 Å². The molecule has 1 unspecified atom stereocenters. The number of para-hydroxylation sites is 4. The van der Waals surface area contributed by atoms with Crippen molar-refractivity contribution in [1.29, 1.82) is 0 Å². The van der Waals surface area contributed by atoms with Gasteiger partial charge in [-0.05, 0) is 37.1 Å². The van der Waals surface area contributed by atoms with E-state index in [0.717, 1.165) is 42.9 Å². The molecule has 1 aromatic heterocycles. The van der Waals surface area contributed by atoms with Gasteiger partial charge in [-0.25, -0.2) is 4.98 Å². The topological polar surface area (TPSA) is 65.7 Å². The van der Waals surface area contributed by atoms with Crippen molar-refractivity contribution in [2.24, 2.45) is 0 Å². The van der Waals surface area contributed by atoms with Crippen molar-refractivity contribution in [1.82, 2.24) is 9.55 Å². The lowest BCUT2D eigenvalue weighted by Gasteiger charge is -2.24. The lowest BCUT2D eigenvalue weighted by molar-refractivity contribution is 0.0777. The van der Waals surface area contributed by atoms with Gasteiger partial charge in [0.1, 0.15) is 18.5 Å². The van der Waals surface area contributed by atoms with Crippen molar-refractivity contribution in [2.45, 2.75) is 31.4 Å². The van der Waals surface area contributed by atoms with Gasteiger partial charge in [0.25, 0.3) is 0 Å². The van der Waals surface area contributed by atoms with Crippen molar-refractivity contribution in [3.63, 3.8) is 0 Å². The normalized spacial score (nSPS) is 16.2. The summed E-state index contributed by atoms with van der Waals surface area (Å²) in [7, 11) is 1.61. The molecule has 6 nitrogen and oxygen atoms in total. The minimum atomic E-state index is -0.666. The second-order valence-electron chi connectivity index (χ2n) is 7.07. The first kappa shape index (κ1) is 18.8. The maximum atomic E-state index is 10.7. The van der Waals surface area contributed by atoms with Gasteiger partial charge in [0.05, 0.1) is 24.7 Å². The average molecular weight is 382 g/mol. The summed E-state index contributed by atoms with van der Waals surface area (Å²) in [5, 5.41) is 10.7. The van der Waals surface area contributed by atoms with E-state index in [4.69, 9.17) is 19.2 Å². The summed E-state index contributed by atoms with van der Waals surface area (Å²) in [6, 6.07) is 15.5. The van der Waals surface area contributed by atoms with Crippen LogP contribution < -0.4 is 9.47 Å². The number of hydrogen-bond acceptors (Lipinski definition) is 5. The van der Waals surface area contributed by atoms with E-state index in [2.05, 4.69) is 10.6 Å². The summed E-state index contributed by atoms with van der Waals surface area (Å²) in [4.78, 5) is 4.87. The van der Waals surface area contributed by atoms with Crippen LogP contribution in [0.1, 0.15) is 24.6 Å². The summed E-state index contributed by atoms with van der Waals surface area (Å²) < 4.78 is 18.8. The molecule has 0 spiro atoms. The van der Waals surface area contributed by atoms with Gasteiger partial charge in [0.15, 0.2) is 11.5 Å². The molecule has 28 heavy (non-hydrogen) atoms. The number of aliphatic hydroxyl groups excluding tert-OH is 1. The molecule has 1 saturated heterocycles. The van der Waals surface area contributed by atoms with E-state index in [-0.39, 0.29) is 6.61 Å². The Bertz CT molecular complexity index is 918. The standard InChI is InChI=1S/C22H26N2O4/c1-26-20-8-4-5-9-21(20)28-15-17(25)14-24-19-7-3-2-6-18(19)23-22(24)16-10-12-27-13-11-16/h2-9,16-17,25H,10-15H2,1H3. The minimum Gasteiger partial charge on any atom is -0.493 e. The third-order valence-electron chi connectivity index (χ3n) is 5.16. The molecule has 0 bridgehead atoms. The molecule has 1 fully saturated rings. The second-order valence-corrected chi connectivity index (χ2v) is 7.07. The van der Waals surface area contributed by atoms with E-state index in [1.54, 1.807) is 7.11 Å². The second kappa shape index (κ2) is 8.63. The Hall–Kier alpha value is -2.57. The van der Waals surface area contributed by atoms with Gasteiger partial charge in [0, 0.05) is 19.1 Å². The Balaban J connectivity index is 1.53. The van der Waals surface area contributed by atoms with Gasteiger partial charge in [-0.1, -0.05) is 24.3 Å². The van der Waals surface area contributed by atoms with Gasteiger partial charge in [0.2, 0.25) is 0 Å². The number of aliphatic hydroxyl groups is 1. The van der Waals surface area contributed by atoms with Crippen molar-refractivity contribution in [3.8, 4) is 11.5 Å². The average Bonchev–Trinajstić information content (AvgIpc) is 3.11. The molecule has 6 heteroatoms. The maximum absolute atomic E-state index is 10.7. The number of methoxy groups -OCH3 is 1. The number of hydrogen-bond donors (Lipinski definition) is 1. The quantitative estimate of drug-likeness (QED) is 0.679. The lowest BCUT2D eigenvalue weighted by atomic mass is 9.99. The summed E-state index contributed by atoms with van der Waals surface area (Å²) in [5.41, 5.74) is 2.00. The Morgan fingerprint density at radius 1 is 1.11 bits per heavy atom. The van der Waals surface area contributed by atoms with Gasteiger partial charge >= 0.3 is 0 Å². The third-order valence-corrected chi connectivity index (χ3v) is 5.16. The number of nitrogens with zero attached hydrogens (tertiary/aromatic N) is 2. The molecule has 3 aromatic rings. The third kappa shape index (κ3) is 3.98. The molecule has 4 rings (SSSR count). The number of fused-ring (bicyclic) bond motifs is 1. The molecule has 1 aliphatic rings. The monoisotopic (exact) mass is 382 g/mol. The smallest absolute Gasteiger partial charge is 0.161 e. The number of imidazole rings is 1. The number of benzene rings is 2. The van der Waals surface area contributed by atoms with Crippen LogP contribution in [-0.4, -0.2) is 47.7 Å². The maximum Gasteiger partial charge on any atom is 0.161 e. The predicted octanol–water partition coefficient (Wildman–Crippen LogP) is 3.38. The van der Waals surface area contributed by atoms with Gasteiger partial charge < -0.3 is 23.9 Å². The highest BCUT2D eigenvalue weighted by Crippen LogP contribution is 2.30. The lowest BCUT2D eigenvalue weighted by Crippen LogP contribution is -2.26. The van der Waals surface area contributed by atoms with Crippen LogP contribution in [0.4, 0.5) is 0 Å². The molecule has 0 radical (unpaired) electrons. The predicted molar refractivity (Wildman–Crippen MR) is 107 cm³/mol. The van der Waals surface area contributed by atoms with Crippen LogP contribution in [0.2, 0.25) is 0 Å². The molecule has 0 aliphatic carbocycles. The van der Waals surface area contributed by atoms with Crippen LogP contribution in [0.15, 0.2) is 48.5 Å². The molecule has 1 atom stereocenters. The number of aromatic nitrogens is 2. The van der Waals surface area contributed by atoms with Gasteiger partial charge in [-0.2, -0.15) is 0 Å². The fourth-order valence-electron chi connectivity index (χ4n) is 3.74. The van der Waals surface area contributed by atoms with Crippen LogP contribution in [0.5, 0.6) is 11.5 Å². The number of rotatable bonds is 7. The van der Waals surface area contributed by atoms with Crippen LogP contribution >= 0.6 is 0 Å². The summed E-state index contributed by atoms with van der Waals surface area (Å²) in [6.45, 7) is 2.13. The molecule has 0 saturated carbocycles. The van der Waals surface area contributed by atoms with Gasteiger partial charge in [-0.3, -0.25) is 0 Å². The van der Waals surface area contributed by atoms with E-state index < -0.39 is 6.10 Å². The van der Waals surface area contributed by atoms with E-state index in [1.807, 2.05) is 42.5 Å². The van der Waals surface area contributed by atoms with Gasteiger partial charge in [-0.15, -0.1) is 0 Å². The Labute approximate surface area is 164 Å². The summed E-state index contributed by atoms with van der Waals surface area (Å²) in [6.07, 6.45) is 1.25. The highest BCUT2D eigenvalue weighted by molar-refractivity contribution is 5.76. The largest absolute Gasteiger partial charge is 0.493 e. The molecule has 2 aromatic carbocycles. The van der Waals surface area contributed by atoms with Crippen LogP contribution in [0.25, 0.3) is 11.0 Å². The van der Waals surface area contributed by atoms with Crippen molar-refractivity contribution >= 4 is 11.0 Å². The summed E-state index contributed by atoms with van der Waals surface area (Å²) in [5.74, 6) is 2.67. The summed E-state index contributed by atoms with van der Waals surface area (Å²) >= 11 is 0. The zero-order valence-electron chi connectivity index (χ0n) is 16.1. The van der Waals surface area contributed by atoms with E-state index in [0.29, 0.717) is 24.0 Å². The van der Waals surface area contributed by atoms with E-state index in [1.165, 1.54) is 0 Å². The Kier molecular flexibility index (Phi) is 5.78. The first-order valence-electron chi connectivity index (χ1n) is 9.73. The first-order chi connectivity index (χ1) is 13.8. The minimum absolute atomic E-state index is 0.181. The number of ether oxygens (including phenoxy) is 3. The zero-order chi connectivity index (χ0) is 19.3. The highest BCUT2D eigenvalue weighted by atomic mass is 16.5. The van der Waals surface area contributed by atoms with Crippen molar-refractivity contribution in [2.75, 3.05) is 26.9 Å². The van der Waals surface area contributed by atoms with Crippen LogP contribution in [-0.2, 0) is 11.3 Å². The molecular formula is C22H26N2O4. The van der Waals surface area contributed by atoms with Crippen molar-refractivity contribution in [3.05, 3.63) is 54.4 Å². The molecule has 1 N–H and O–H groups in total. The van der Waals surface area contributed by atoms with E-state index in [9.17, 15) is 5.11 Å². The SMILES string of the molecule is COc1ccccc1OCC(O)Cn1c(C2CCOCC2)nc2ccccc21. The first-order valence-corrected chi connectivity index (χ1v) is 9.73. The molecule has 2 heterocycles.